The van der Waals surface area contributed by atoms with E-state index in [4.69, 9.17) is 10.5 Å². The minimum atomic E-state index is 0. The summed E-state index contributed by atoms with van der Waals surface area (Å²) in [4.78, 5) is 13.5. The molecule has 0 aliphatic carbocycles. The molecule has 0 bridgehead atoms. The molecule has 16 heavy (non-hydrogen) atoms. The predicted molar refractivity (Wildman–Crippen MR) is 66.8 cm³/mol. The van der Waals surface area contributed by atoms with Crippen LogP contribution < -0.4 is 5.73 Å². The van der Waals surface area contributed by atoms with Crippen molar-refractivity contribution in [3.8, 4) is 0 Å². The van der Waals surface area contributed by atoms with Gasteiger partial charge in [-0.1, -0.05) is 0 Å². The van der Waals surface area contributed by atoms with E-state index >= 15 is 0 Å². The average Bonchev–Trinajstić information content (AvgIpc) is 2.25. The summed E-state index contributed by atoms with van der Waals surface area (Å²) < 4.78 is 5.30. The molecule has 0 saturated carbocycles. The predicted octanol–water partition coefficient (Wildman–Crippen LogP) is 1.17. The van der Waals surface area contributed by atoms with Crippen LogP contribution in [0.15, 0.2) is 0 Å². The van der Waals surface area contributed by atoms with Crippen molar-refractivity contribution in [2.75, 3.05) is 26.3 Å². The molecule has 1 saturated heterocycles. The van der Waals surface area contributed by atoms with Crippen molar-refractivity contribution < 1.29 is 9.53 Å². The van der Waals surface area contributed by atoms with Crippen LogP contribution in [0, 0.1) is 0 Å². The first-order chi connectivity index (χ1) is 7.25. The van der Waals surface area contributed by atoms with Crippen LogP contribution in [0.25, 0.3) is 0 Å². The van der Waals surface area contributed by atoms with Crippen LogP contribution in [0.4, 0.5) is 0 Å². The van der Waals surface area contributed by atoms with Gasteiger partial charge in [0, 0.05) is 32.7 Å². The maximum atomic E-state index is 11.5. The molecule has 2 N–H and O–H groups in total. The third-order valence-corrected chi connectivity index (χ3v) is 2.89. The molecule has 0 atom stereocenters. The molecule has 4 nitrogen and oxygen atoms in total. The molecular weight excluding hydrogens is 228 g/mol. The standard InChI is InChI=1S/C11H22N2O2.ClH/c1-10(14)13(7-3-2-6-12)11-4-8-15-9-5-11;/h11H,2-9,12H2,1H3;1H. The molecule has 5 heteroatoms. The first-order valence-corrected chi connectivity index (χ1v) is 5.80. The fraction of sp³-hybridized carbons (Fsp3) is 0.909. The summed E-state index contributed by atoms with van der Waals surface area (Å²) in [6, 6.07) is 0.383. The van der Waals surface area contributed by atoms with Gasteiger partial charge in [0.2, 0.25) is 5.91 Å². The molecule has 1 aliphatic heterocycles. The number of hydrogen-bond acceptors (Lipinski definition) is 3. The van der Waals surface area contributed by atoms with Crippen molar-refractivity contribution in [2.24, 2.45) is 5.73 Å². The number of hydrogen-bond donors (Lipinski definition) is 1. The summed E-state index contributed by atoms with van der Waals surface area (Å²) in [5, 5.41) is 0. The maximum absolute atomic E-state index is 11.5. The van der Waals surface area contributed by atoms with Gasteiger partial charge in [-0.3, -0.25) is 4.79 Å². The Morgan fingerprint density at radius 2 is 2.00 bits per heavy atom. The number of carbonyl (C=O) groups is 1. The number of carbonyl (C=O) groups excluding carboxylic acids is 1. The molecule has 0 spiro atoms. The number of halogens is 1. The highest BCUT2D eigenvalue weighted by Gasteiger charge is 2.22. The zero-order valence-corrected chi connectivity index (χ0v) is 10.8. The normalized spacial score (nSPS) is 16.6. The minimum Gasteiger partial charge on any atom is -0.381 e. The van der Waals surface area contributed by atoms with Gasteiger partial charge >= 0.3 is 0 Å². The third kappa shape index (κ3) is 5.14. The van der Waals surface area contributed by atoms with Crippen LogP contribution in [0.3, 0.4) is 0 Å². The summed E-state index contributed by atoms with van der Waals surface area (Å²) in [6.07, 6.45) is 3.95. The molecule has 0 unspecified atom stereocenters. The first-order valence-electron chi connectivity index (χ1n) is 5.80. The number of unbranched alkanes of at least 4 members (excludes halogenated alkanes) is 1. The zero-order chi connectivity index (χ0) is 11.1. The van der Waals surface area contributed by atoms with Gasteiger partial charge in [0.25, 0.3) is 0 Å². The smallest absolute Gasteiger partial charge is 0.219 e. The van der Waals surface area contributed by atoms with Crippen LogP contribution in [-0.2, 0) is 9.53 Å². The Labute approximate surface area is 104 Å². The second-order valence-electron chi connectivity index (χ2n) is 4.05. The Kier molecular flexibility index (Phi) is 8.61. The van der Waals surface area contributed by atoms with Crippen LogP contribution in [-0.4, -0.2) is 43.2 Å². The Balaban J connectivity index is 0.00000225. The number of nitrogens with two attached hydrogens (primary N) is 1. The topological polar surface area (TPSA) is 55.6 Å². The van der Waals surface area contributed by atoms with Gasteiger partial charge in [0.15, 0.2) is 0 Å². The quantitative estimate of drug-likeness (QED) is 0.746. The molecule has 1 amide bonds. The van der Waals surface area contributed by atoms with E-state index in [1.807, 2.05) is 4.90 Å². The third-order valence-electron chi connectivity index (χ3n) is 2.89. The second kappa shape index (κ2) is 8.79. The Hall–Kier alpha value is -0.320. The molecule has 1 heterocycles. The minimum absolute atomic E-state index is 0. The first kappa shape index (κ1) is 15.7. The molecule has 0 aromatic heterocycles. The second-order valence-corrected chi connectivity index (χ2v) is 4.05. The van der Waals surface area contributed by atoms with Gasteiger partial charge in [-0.05, 0) is 32.2 Å². The van der Waals surface area contributed by atoms with E-state index in [1.165, 1.54) is 0 Å². The number of nitrogens with zero attached hydrogens (tertiary/aromatic N) is 1. The lowest BCUT2D eigenvalue weighted by atomic mass is 10.1. The molecular formula is C11H23ClN2O2. The lowest BCUT2D eigenvalue weighted by Gasteiger charge is -2.33. The Bertz CT molecular complexity index is 196. The monoisotopic (exact) mass is 250 g/mol. The fourth-order valence-corrected chi connectivity index (χ4v) is 2.02. The molecule has 0 aromatic carbocycles. The van der Waals surface area contributed by atoms with Crippen molar-refractivity contribution in [1.29, 1.82) is 0 Å². The van der Waals surface area contributed by atoms with Gasteiger partial charge in [0.1, 0.15) is 0 Å². The van der Waals surface area contributed by atoms with E-state index in [0.717, 1.165) is 45.4 Å². The lowest BCUT2D eigenvalue weighted by molar-refractivity contribution is -0.133. The van der Waals surface area contributed by atoms with E-state index in [-0.39, 0.29) is 18.3 Å². The summed E-state index contributed by atoms with van der Waals surface area (Å²) >= 11 is 0. The Morgan fingerprint density at radius 1 is 1.38 bits per heavy atom. The van der Waals surface area contributed by atoms with Crippen LogP contribution in [0.1, 0.15) is 32.6 Å². The van der Waals surface area contributed by atoms with Crippen molar-refractivity contribution >= 4 is 18.3 Å². The fourth-order valence-electron chi connectivity index (χ4n) is 2.02. The van der Waals surface area contributed by atoms with Gasteiger partial charge in [0.05, 0.1) is 0 Å². The maximum Gasteiger partial charge on any atom is 0.219 e. The summed E-state index contributed by atoms with van der Waals surface area (Å²) in [5.41, 5.74) is 5.45. The largest absolute Gasteiger partial charge is 0.381 e. The SMILES string of the molecule is CC(=O)N(CCCCN)C1CCOCC1.Cl. The number of ether oxygens (including phenoxy) is 1. The molecule has 1 fully saturated rings. The van der Waals surface area contributed by atoms with Crippen LogP contribution in [0.2, 0.25) is 0 Å². The van der Waals surface area contributed by atoms with E-state index < -0.39 is 0 Å². The van der Waals surface area contributed by atoms with Gasteiger partial charge in [-0.25, -0.2) is 0 Å². The average molecular weight is 251 g/mol. The van der Waals surface area contributed by atoms with Crippen LogP contribution in [0.5, 0.6) is 0 Å². The van der Waals surface area contributed by atoms with Crippen molar-refractivity contribution in [1.82, 2.24) is 4.90 Å². The van der Waals surface area contributed by atoms with Crippen molar-refractivity contribution in [3.05, 3.63) is 0 Å². The summed E-state index contributed by atoms with van der Waals surface area (Å²) in [6.45, 7) is 4.77. The Morgan fingerprint density at radius 3 is 2.50 bits per heavy atom. The van der Waals surface area contributed by atoms with Crippen molar-refractivity contribution in [2.45, 2.75) is 38.6 Å². The highest BCUT2D eigenvalue weighted by atomic mass is 35.5. The van der Waals surface area contributed by atoms with E-state index in [0.29, 0.717) is 12.6 Å². The van der Waals surface area contributed by atoms with Gasteiger partial charge in [-0.2, -0.15) is 0 Å². The van der Waals surface area contributed by atoms with Crippen LogP contribution >= 0.6 is 12.4 Å². The molecule has 96 valence electrons. The summed E-state index contributed by atoms with van der Waals surface area (Å²) in [7, 11) is 0. The van der Waals surface area contributed by atoms with E-state index in [2.05, 4.69) is 0 Å². The van der Waals surface area contributed by atoms with Gasteiger partial charge in [-0.15, -0.1) is 12.4 Å². The molecule has 1 rings (SSSR count). The zero-order valence-electron chi connectivity index (χ0n) is 9.98. The number of rotatable bonds is 5. The van der Waals surface area contributed by atoms with E-state index in [1.54, 1.807) is 6.92 Å². The molecule has 1 aliphatic rings. The van der Waals surface area contributed by atoms with E-state index in [9.17, 15) is 4.79 Å². The van der Waals surface area contributed by atoms with Gasteiger partial charge < -0.3 is 15.4 Å². The highest BCUT2D eigenvalue weighted by Crippen LogP contribution is 2.15. The number of amides is 1. The highest BCUT2D eigenvalue weighted by molar-refractivity contribution is 5.85. The molecule has 0 radical (unpaired) electrons. The summed E-state index contributed by atoms with van der Waals surface area (Å²) in [5.74, 6) is 0.180. The lowest BCUT2D eigenvalue weighted by Crippen LogP contribution is -2.42. The molecule has 0 aromatic rings. The van der Waals surface area contributed by atoms with Crippen molar-refractivity contribution in [3.63, 3.8) is 0 Å².